The van der Waals surface area contributed by atoms with E-state index in [0.717, 1.165) is 0 Å². The van der Waals surface area contributed by atoms with Crippen molar-refractivity contribution in [1.29, 1.82) is 0 Å². The lowest BCUT2D eigenvalue weighted by Crippen LogP contribution is -2.37. The molecule has 3 nitrogen and oxygen atoms in total. The summed E-state index contributed by atoms with van der Waals surface area (Å²) in [5.41, 5.74) is 0. The number of hydrogen-bond acceptors (Lipinski definition) is 3. The van der Waals surface area contributed by atoms with Crippen LogP contribution in [0.1, 0.15) is 0 Å². The summed E-state index contributed by atoms with van der Waals surface area (Å²) in [5.74, 6) is 1.23. The zero-order valence-corrected chi connectivity index (χ0v) is 15.1. The summed E-state index contributed by atoms with van der Waals surface area (Å²) in [4.78, 5) is 0. The second kappa shape index (κ2) is 8.39. The molecule has 0 aliphatic heterocycles. The topological polar surface area (TPSA) is 27.7 Å². The molecular weight excluding hydrogens is 381 g/mol. The summed E-state index contributed by atoms with van der Waals surface area (Å²) < 4.78 is 17.3. The predicted molar refractivity (Wildman–Crippen MR) is 102 cm³/mol. The molecule has 0 heterocycles. The van der Waals surface area contributed by atoms with E-state index in [4.69, 9.17) is 48.8 Å². The summed E-state index contributed by atoms with van der Waals surface area (Å²) >= 11 is 18.4. The van der Waals surface area contributed by atoms with Crippen molar-refractivity contribution in [2.45, 2.75) is 0 Å². The lowest BCUT2D eigenvalue weighted by molar-refractivity contribution is 0.307. The summed E-state index contributed by atoms with van der Waals surface area (Å²) in [6, 6.07) is 21.0. The van der Waals surface area contributed by atoms with Crippen molar-refractivity contribution in [3.63, 3.8) is 0 Å². The van der Waals surface area contributed by atoms with E-state index < -0.39 is 7.32 Å². The molecule has 0 aliphatic rings. The zero-order valence-electron chi connectivity index (χ0n) is 12.9. The van der Waals surface area contributed by atoms with Crippen LogP contribution in [0.3, 0.4) is 0 Å². The van der Waals surface area contributed by atoms with Crippen molar-refractivity contribution in [3.8, 4) is 17.2 Å². The molecule has 3 aromatic carbocycles. The summed E-state index contributed by atoms with van der Waals surface area (Å²) in [7, 11) is -1.14. The van der Waals surface area contributed by atoms with Crippen LogP contribution >= 0.6 is 34.8 Å². The number of benzene rings is 3. The van der Waals surface area contributed by atoms with Gasteiger partial charge in [-0.05, 0) is 36.4 Å². The van der Waals surface area contributed by atoms with E-state index in [1.807, 2.05) is 0 Å². The standard InChI is InChI=1S/C18H12BCl3O3/c20-13-7-1-4-10-16(13)23-19(24-17-11-5-2-8-14(17)21)25-18-12-6-3-9-15(18)22/h1-12H. The second-order valence-corrected chi connectivity index (χ2v) is 6.16. The Balaban J connectivity index is 1.86. The van der Waals surface area contributed by atoms with Crippen LogP contribution in [-0.4, -0.2) is 7.32 Å². The van der Waals surface area contributed by atoms with Crippen molar-refractivity contribution >= 4 is 42.1 Å². The fourth-order valence-corrected chi connectivity index (χ4v) is 2.54. The Morgan fingerprint density at radius 3 is 1.04 bits per heavy atom. The van der Waals surface area contributed by atoms with Crippen LogP contribution in [0.5, 0.6) is 17.2 Å². The lowest BCUT2D eigenvalue weighted by Gasteiger charge is -2.18. The maximum Gasteiger partial charge on any atom is 0.864 e. The van der Waals surface area contributed by atoms with Gasteiger partial charge in [-0.1, -0.05) is 71.2 Å². The smallest absolute Gasteiger partial charge is 0.488 e. The van der Waals surface area contributed by atoms with E-state index in [1.54, 1.807) is 72.8 Å². The van der Waals surface area contributed by atoms with Gasteiger partial charge in [0.15, 0.2) is 0 Å². The maximum absolute atomic E-state index is 6.15. The Morgan fingerprint density at radius 2 is 0.760 bits per heavy atom. The highest BCUT2D eigenvalue weighted by atomic mass is 35.5. The van der Waals surface area contributed by atoms with Crippen molar-refractivity contribution in [2.24, 2.45) is 0 Å². The van der Waals surface area contributed by atoms with Gasteiger partial charge in [0.2, 0.25) is 0 Å². The molecule has 0 saturated heterocycles. The minimum Gasteiger partial charge on any atom is -0.488 e. The average Bonchev–Trinajstić information content (AvgIpc) is 2.61. The molecule has 0 aliphatic carbocycles. The van der Waals surface area contributed by atoms with Crippen molar-refractivity contribution in [2.75, 3.05) is 0 Å². The molecule has 0 saturated carbocycles. The molecule has 0 spiro atoms. The average molecular weight is 393 g/mol. The monoisotopic (exact) mass is 392 g/mol. The van der Waals surface area contributed by atoms with Crippen LogP contribution in [0.4, 0.5) is 0 Å². The Labute approximate surface area is 161 Å². The third-order valence-corrected chi connectivity index (χ3v) is 4.12. The van der Waals surface area contributed by atoms with Gasteiger partial charge in [-0.25, -0.2) is 0 Å². The molecule has 7 heteroatoms. The fraction of sp³-hybridized carbons (Fsp3) is 0. The van der Waals surface area contributed by atoms with E-state index in [0.29, 0.717) is 32.3 Å². The third-order valence-electron chi connectivity index (χ3n) is 3.18. The number of para-hydroxylation sites is 3. The van der Waals surface area contributed by atoms with Gasteiger partial charge in [0, 0.05) is 0 Å². The lowest BCUT2D eigenvalue weighted by atomic mass is 10.2. The quantitative estimate of drug-likeness (QED) is 0.469. The van der Waals surface area contributed by atoms with Gasteiger partial charge in [-0.15, -0.1) is 0 Å². The summed E-state index contributed by atoms with van der Waals surface area (Å²) in [6.07, 6.45) is 0. The third kappa shape index (κ3) is 4.76. The molecule has 126 valence electrons. The van der Waals surface area contributed by atoms with Gasteiger partial charge in [-0.3, -0.25) is 0 Å². The molecule has 0 fully saturated rings. The van der Waals surface area contributed by atoms with Crippen molar-refractivity contribution < 1.29 is 14.0 Å². The number of halogens is 3. The first-order valence-electron chi connectivity index (χ1n) is 7.37. The zero-order chi connectivity index (χ0) is 17.6. The predicted octanol–water partition coefficient (Wildman–Crippen LogP) is 6.17. The Bertz CT molecular complexity index is 747. The molecule has 0 atom stereocenters. The minimum absolute atomic E-state index is 0.410. The van der Waals surface area contributed by atoms with Crippen LogP contribution in [0.2, 0.25) is 15.1 Å². The van der Waals surface area contributed by atoms with Gasteiger partial charge in [0.1, 0.15) is 17.2 Å². The molecule has 0 N–H and O–H groups in total. The Kier molecular flexibility index (Phi) is 5.98. The summed E-state index contributed by atoms with van der Waals surface area (Å²) in [6.45, 7) is 0. The number of rotatable bonds is 6. The highest BCUT2D eigenvalue weighted by molar-refractivity contribution is 6.42. The molecule has 25 heavy (non-hydrogen) atoms. The minimum atomic E-state index is -1.14. The van der Waals surface area contributed by atoms with Crippen molar-refractivity contribution in [1.82, 2.24) is 0 Å². The first-order chi connectivity index (χ1) is 12.1. The van der Waals surface area contributed by atoms with Crippen LogP contribution in [0.15, 0.2) is 72.8 Å². The molecule has 0 aromatic heterocycles. The molecule has 3 aromatic rings. The highest BCUT2D eigenvalue weighted by Gasteiger charge is 2.32. The van der Waals surface area contributed by atoms with E-state index in [-0.39, 0.29) is 0 Å². The molecule has 0 radical (unpaired) electrons. The molecule has 3 rings (SSSR count). The van der Waals surface area contributed by atoms with Crippen molar-refractivity contribution in [3.05, 3.63) is 87.9 Å². The first kappa shape index (κ1) is 17.8. The van der Waals surface area contributed by atoms with Crippen LogP contribution in [-0.2, 0) is 0 Å². The Morgan fingerprint density at radius 1 is 0.480 bits per heavy atom. The van der Waals surface area contributed by atoms with Gasteiger partial charge in [0.05, 0.1) is 15.1 Å². The van der Waals surface area contributed by atoms with E-state index in [9.17, 15) is 0 Å². The van der Waals surface area contributed by atoms with E-state index in [1.165, 1.54) is 0 Å². The molecule has 0 unspecified atom stereocenters. The second-order valence-electron chi connectivity index (χ2n) is 4.93. The van der Waals surface area contributed by atoms with Crippen LogP contribution in [0, 0.1) is 0 Å². The van der Waals surface area contributed by atoms with Gasteiger partial charge >= 0.3 is 7.32 Å². The SMILES string of the molecule is Clc1ccccc1OB(Oc1ccccc1Cl)Oc1ccccc1Cl. The molecule has 0 amide bonds. The highest BCUT2D eigenvalue weighted by Crippen LogP contribution is 2.29. The first-order valence-corrected chi connectivity index (χ1v) is 8.50. The fourth-order valence-electron chi connectivity index (χ4n) is 2.00. The summed E-state index contributed by atoms with van der Waals surface area (Å²) in [5, 5.41) is 1.29. The van der Waals surface area contributed by atoms with Gasteiger partial charge in [0.25, 0.3) is 0 Å². The van der Waals surface area contributed by atoms with E-state index in [2.05, 4.69) is 0 Å². The largest absolute Gasteiger partial charge is 0.864 e. The molecule has 0 bridgehead atoms. The van der Waals surface area contributed by atoms with Gasteiger partial charge in [-0.2, -0.15) is 0 Å². The maximum atomic E-state index is 6.15. The Hall–Kier alpha value is -2.01. The normalized spacial score (nSPS) is 10.2. The van der Waals surface area contributed by atoms with Crippen LogP contribution < -0.4 is 14.0 Å². The molecular formula is C18H12BCl3O3. The van der Waals surface area contributed by atoms with Gasteiger partial charge < -0.3 is 14.0 Å². The van der Waals surface area contributed by atoms with E-state index >= 15 is 0 Å². The number of hydrogen-bond donors (Lipinski definition) is 0. The van der Waals surface area contributed by atoms with Crippen LogP contribution in [0.25, 0.3) is 0 Å².